The first-order chi connectivity index (χ1) is 10.0. The second-order valence-corrected chi connectivity index (χ2v) is 6.68. The Labute approximate surface area is 133 Å². The highest BCUT2D eigenvalue weighted by Gasteiger charge is 2.13. The number of benzene rings is 2. The molecule has 0 atom stereocenters. The van der Waals surface area contributed by atoms with Gasteiger partial charge in [0.05, 0.1) is 5.69 Å². The summed E-state index contributed by atoms with van der Waals surface area (Å²) >= 11 is 4.90. The molecular formula is C16H10BrF2NS. The fraction of sp³-hybridized carbons (Fsp3) is 0.0625. The van der Waals surface area contributed by atoms with Crippen LogP contribution >= 0.6 is 27.3 Å². The van der Waals surface area contributed by atoms with E-state index in [1.807, 2.05) is 31.2 Å². The first-order valence-electron chi connectivity index (χ1n) is 6.23. The summed E-state index contributed by atoms with van der Waals surface area (Å²) in [5, 5.41) is 0.682. The van der Waals surface area contributed by atoms with Gasteiger partial charge in [-0.3, -0.25) is 0 Å². The van der Waals surface area contributed by atoms with Crippen molar-refractivity contribution in [3.05, 3.63) is 63.4 Å². The van der Waals surface area contributed by atoms with Crippen molar-refractivity contribution in [3.63, 3.8) is 0 Å². The van der Waals surface area contributed by atoms with E-state index in [9.17, 15) is 8.78 Å². The second kappa shape index (κ2) is 5.66. The Morgan fingerprint density at radius 2 is 1.81 bits per heavy atom. The molecule has 0 spiro atoms. The van der Waals surface area contributed by atoms with Crippen LogP contribution in [0.1, 0.15) is 4.88 Å². The van der Waals surface area contributed by atoms with E-state index in [1.165, 1.54) is 17.4 Å². The molecule has 0 aliphatic rings. The number of aromatic nitrogens is 1. The quantitative estimate of drug-likeness (QED) is 0.556. The van der Waals surface area contributed by atoms with Crippen molar-refractivity contribution < 1.29 is 8.78 Å². The van der Waals surface area contributed by atoms with E-state index < -0.39 is 11.6 Å². The van der Waals surface area contributed by atoms with Gasteiger partial charge in [0.1, 0.15) is 5.01 Å². The molecule has 0 radical (unpaired) electrons. The van der Waals surface area contributed by atoms with Crippen LogP contribution in [0.4, 0.5) is 8.78 Å². The van der Waals surface area contributed by atoms with Crippen molar-refractivity contribution in [2.75, 3.05) is 0 Å². The molecule has 5 heteroatoms. The topological polar surface area (TPSA) is 12.9 Å². The van der Waals surface area contributed by atoms with E-state index in [1.54, 1.807) is 6.07 Å². The van der Waals surface area contributed by atoms with Crippen LogP contribution in [0, 0.1) is 18.6 Å². The van der Waals surface area contributed by atoms with Gasteiger partial charge in [-0.05, 0) is 37.3 Å². The molecule has 0 fully saturated rings. The number of thiazole rings is 1. The van der Waals surface area contributed by atoms with Crippen LogP contribution < -0.4 is 0 Å². The predicted octanol–water partition coefficient (Wildman–Crippen LogP) is 5.83. The van der Waals surface area contributed by atoms with Gasteiger partial charge in [0, 0.05) is 20.5 Å². The average Bonchev–Trinajstić information content (AvgIpc) is 2.84. The van der Waals surface area contributed by atoms with Crippen molar-refractivity contribution in [2.45, 2.75) is 6.92 Å². The lowest BCUT2D eigenvalue weighted by molar-refractivity contribution is 0.509. The van der Waals surface area contributed by atoms with Crippen molar-refractivity contribution in [2.24, 2.45) is 0 Å². The van der Waals surface area contributed by atoms with Crippen LogP contribution in [0.15, 0.2) is 46.9 Å². The number of nitrogens with zero attached hydrogens (tertiary/aromatic N) is 1. The van der Waals surface area contributed by atoms with Gasteiger partial charge in [-0.2, -0.15) is 0 Å². The second-order valence-electron chi connectivity index (χ2n) is 4.56. The van der Waals surface area contributed by atoms with Crippen molar-refractivity contribution >= 4 is 27.3 Å². The zero-order valence-corrected chi connectivity index (χ0v) is 13.4. The monoisotopic (exact) mass is 365 g/mol. The molecule has 3 rings (SSSR count). The van der Waals surface area contributed by atoms with Crippen LogP contribution in [0.2, 0.25) is 0 Å². The number of hydrogen-bond acceptors (Lipinski definition) is 2. The first kappa shape index (κ1) is 14.4. The molecule has 0 saturated heterocycles. The van der Waals surface area contributed by atoms with Crippen LogP contribution in [0.25, 0.3) is 21.8 Å². The van der Waals surface area contributed by atoms with Gasteiger partial charge in [-0.15, -0.1) is 11.3 Å². The van der Waals surface area contributed by atoms with Crippen molar-refractivity contribution in [1.82, 2.24) is 4.98 Å². The molecule has 0 amide bonds. The largest absolute Gasteiger partial charge is 0.236 e. The van der Waals surface area contributed by atoms with Gasteiger partial charge in [0.2, 0.25) is 0 Å². The highest BCUT2D eigenvalue weighted by Crippen LogP contribution is 2.34. The van der Waals surface area contributed by atoms with Crippen LogP contribution in [0.5, 0.6) is 0 Å². The standard InChI is InChI=1S/C16H10BrF2NS/c1-9-15(10-3-2-4-12(17)7-10)20-16(21-9)11-5-6-13(18)14(19)8-11/h2-8H,1H3. The molecule has 21 heavy (non-hydrogen) atoms. The molecular weight excluding hydrogens is 356 g/mol. The maximum absolute atomic E-state index is 13.3. The Morgan fingerprint density at radius 1 is 1.00 bits per heavy atom. The van der Waals surface area contributed by atoms with E-state index in [2.05, 4.69) is 20.9 Å². The van der Waals surface area contributed by atoms with E-state index in [-0.39, 0.29) is 0 Å². The number of hydrogen-bond donors (Lipinski definition) is 0. The summed E-state index contributed by atoms with van der Waals surface area (Å²) in [6.45, 7) is 1.97. The zero-order valence-electron chi connectivity index (χ0n) is 11.0. The first-order valence-corrected chi connectivity index (χ1v) is 7.84. The lowest BCUT2D eigenvalue weighted by atomic mass is 10.1. The zero-order chi connectivity index (χ0) is 15.0. The molecule has 0 N–H and O–H groups in total. The third-order valence-corrected chi connectivity index (χ3v) is 4.57. The van der Waals surface area contributed by atoms with E-state index in [4.69, 9.17) is 0 Å². The summed E-state index contributed by atoms with van der Waals surface area (Å²) in [5.41, 5.74) is 2.44. The Morgan fingerprint density at radius 3 is 2.52 bits per heavy atom. The van der Waals surface area contributed by atoms with Crippen molar-refractivity contribution in [3.8, 4) is 21.8 Å². The van der Waals surface area contributed by atoms with E-state index in [0.29, 0.717) is 10.6 Å². The normalized spacial score (nSPS) is 10.9. The smallest absolute Gasteiger partial charge is 0.159 e. The highest BCUT2D eigenvalue weighted by atomic mass is 79.9. The van der Waals surface area contributed by atoms with Gasteiger partial charge in [0.15, 0.2) is 11.6 Å². The van der Waals surface area contributed by atoms with E-state index >= 15 is 0 Å². The molecule has 1 heterocycles. The molecule has 0 aliphatic heterocycles. The molecule has 3 aromatic rings. The fourth-order valence-corrected chi connectivity index (χ4v) is 3.38. The summed E-state index contributed by atoms with van der Waals surface area (Å²) in [7, 11) is 0. The molecule has 1 nitrogen and oxygen atoms in total. The van der Waals surface area contributed by atoms with Gasteiger partial charge >= 0.3 is 0 Å². The van der Waals surface area contributed by atoms with Gasteiger partial charge in [-0.1, -0.05) is 28.1 Å². The third-order valence-electron chi connectivity index (χ3n) is 3.06. The Kier molecular flexibility index (Phi) is 3.87. The number of aryl methyl sites for hydroxylation is 1. The molecule has 0 saturated carbocycles. The Balaban J connectivity index is 2.07. The SMILES string of the molecule is Cc1sc(-c2ccc(F)c(F)c2)nc1-c1cccc(Br)c1. The van der Waals surface area contributed by atoms with Crippen LogP contribution in [-0.2, 0) is 0 Å². The maximum atomic E-state index is 13.3. The van der Waals surface area contributed by atoms with Gasteiger partial charge < -0.3 is 0 Å². The molecule has 106 valence electrons. The minimum absolute atomic E-state index is 0.586. The average molecular weight is 366 g/mol. The molecule has 0 unspecified atom stereocenters. The van der Waals surface area contributed by atoms with Crippen molar-refractivity contribution in [1.29, 1.82) is 0 Å². The maximum Gasteiger partial charge on any atom is 0.159 e. The molecule has 1 aromatic heterocycles. The summed E-state index contributed by atoms with van der Waals surface area (Å²) in [6, 6.07) is 11.7. The van der Waals surface area contributed by atoms with E-state index in [0.717, 1.165) is 26.7 Å². The van der Waals surface area contributed by atoms with Gasteiger partial charge in [0.25, 0.3) is 0 Å². The minimum atomic E-state index is -0.857. The minimum Gasteiger partial charge on any atom is -0.236 e. The number of rotatable bonds is 2. The summed E-state index contributed by atoms with van der Waals surface area (Å²) in [5.74, 6) is -1.70. The fourth-order valence-electron chi connectivity index (χ4n) is 2.05. The Hall–Kier alpha value is -1.59. The summed E-state index contributed by atoms with van der Waals surface area (Å²) in [4.78, 5) is 5.61. The highest BCUT2D eigenvalue weighted by molar-refractivity contribution is 9.10. The predicted molar refractivity (Wildman–Crippen MR) is 85.3 cm³/mol. The molecule has 2 aromatic carbocycles. The molecule has 0 bridgehead atoms. The number of halogens is 3. The summed E-state index contributed by atoms with van der Waals surface area (Å²) in [6.07, 6.45) is 0. The van der Waals surface area contributed by atoms with Crippen LogP contribution in [0.3, 0.4) is 0 Å². The third kappa shape index (κ3) is 2.89. The lowest BCUT2D eigenvalue weighted by Gasteiger charge is -1.99. The summed E-state index contributed by atoms with van der Waals surface area (Å²) < 4.78 is 27.3. The van der Waals surface area contributed by atoms with Crippen LogP contribution in [-0.4, -0.2) is 4.98 Å². The lowest BCUT2D eigenvalue weighted by Crippen LogP contribution is -1.85. The molecule has 0 aliphatic carbocycles. The van der Waals surface area contributed by atoms with Gasteiger partial charge in [-0.25, -0.2) is 13.8 Å². The Bertz CT molecular complexity index is 814.